The fourth-order valence-corrected chi connectivity index (χ4v) is 3.48. The quantitative estimate of drug-likeness (QED) is 0.713. The van der Waals surface area contributed by atoms with E-state index in [1.807, 2.05) is 0 Å². The van der Waals surface area contributed by atoms with Crippen molar-refractivity contribution < 1.29 is 19.1 Å². The zero-order valence-electron chi connectivity index (χ0n) is 14.5. The van der Waals surface area contributed by atoms with Gasteiger partial charge in [-0.1, -0.05) is 55.0 Å². The van der Waals surface area contributed by atoms with Gasteiger partial charge in [0.1, 0.15) is 6.54 Å². The molecule has 1 aromatic carbocycles. The summed E-state index contributed by atoms with van der Waals surface area (Å²) < 4.78 is 4.44. The Morgan fingerprint density at radius 2 is 1.88 bits per heavy atom. The molecule has 2 rings (SSSR count). The Bertz CT molecular complexity index is 675. The summed E-state index contributed by atoms with van der Waals surface area (Å²) in [6.45, 7) is -0.310. The molecule has 1 saturated carbocycles. The van der Waals surface area contributed by atoms with Gasteiger partial charge in [0.2, 0.25) is 5.91 Å². The standard InChI is InChI=1S/C18H22Cl2N2O4/c1-26-16(23)10-21-18(25)22-17(24)13(8-11-4-2-3-5-11)12-6-7-14(19)15(20)9-12/h6-7,9,11,13H,2-5,8,10H2,1H3,(H2,21,22,24,25)/t13-/m0/s1. The molecule has 1 fully saturated rings. The molecule has 0 saturated heterocycles. The highest BCUT2D eigenvalue weighted by Gasteiger charge is 2.28. The van der Waals surface area contributed by atoms with E-state index in [0.29, 0.717) is 27.9 Å². The van der Waals surface area contributed by atoms with Crippen LogP contribution in [0.5, 0.6) is 0 Å². The Hall–Kier alpha value is -1.79. The van der Waals surface area contributed by atoms with E-state index in [9.17, 15) is 14.4 Å². The van der Waals surface area contributed by atoms with Crippen LogP contribution in [0.2, 0.25) is 10.0 Å². The van der Waals surface area contributed by atoms with Crippen molar-refractivity contribution >= 4 is 41.1 Å². The minimum absolute atomic E-state index is 0.310. The van der Waals surface area contributed by atoms with Crippen LogP contribution < -0.4 is 10.6 Å². The highest BCUT2D eigenvalue weighted by atomic mass is 35.5. The fourth-order valence-electron chi connectivity index (χ4n) is 3.17. The maximum atomic E-state index is 12.7. The first-order chi connectivity index (χ1) is 12.4. The van der Waals surface area contributed by atoms with Crippen LogP contribution >= 0.6 is 23.2 Å². The van der Waals surface area contributed by atoms with Crippen LogP contribution in [0, 0.1) is 5.92 Å². The predicted molar refractivity (Wildman–Crippen MR) is 99.3 cm³/mol. The third-order valence-electron chi connectivity index (χ3n) is 4.56. The van der Waals surface area contributed by atoms with Gasteiger partial charge >= 0.3 is 12.0 Å². The Morgan fingerprint density at radius 3 is 2.50 bits per heavy atom. The molecule has 0 bridgehead atoms. The number of halogens is 2. The Kier molecular flexibility index (Phi) is 7.72. The Balaban J connectivity index is 2.08. The molecule has 8 heteroatoms. The van der Waals surface area contributed by atoms with Gasteiger partial charge in [0.05, 0.1) is 23.1 Å². The number of methoxy groups -OCH3 is 1. The van der Waals surface area contributed by atoms with Gasteiger partial charge in [0.25, 0.3) is 0 Å². The second kappa shape index (κ2) is 9.78. The highest BCUT2D eigenvalue weighted by molar-refractivity contribution is 6.42. The lowest BCUT2D eigenvalue weighted by Crippen LogP contribution is -2.43. The third kappa shape index (κ3) is 5.88. The number of hydrogen-bond donors (Lipinski definition) is 2. The lowest BCUT2D eigenvalue weighted by molar-refractivity contribution is -0.139. The van der Waals surface area contributed by atoms with E-state index in [1.54, 1.807) is 18.2 Å². The van der Waals surface area contributed by atoms with Gasteiger partial charge in [-0.2, -0.15) is 0 Å². The minimum atomic E-state index is -0.739. The number of esters is 1. The number of benzene rings is 1. The van der Waals surface area contributed by atoms with E-state index >= 15 is 0 Å². The molecular weight excluding hydrogens is 379 g/mol. The molecule has 1 atom stereocenters. The van der Waals surface area contributed by atoms with Crippen molar-refractivity contribution in [2.45, 2.75) is 38.0 Å². The monoisotopic (exact) mass is 400 g/mol. The van der Waals surface area contributed by atoms with Crippen molar-refractivity contribution in [3.8, 4) is 0 Å². The molecule has 0 radical (unpaired) electrons. The van der Waals surface area contributed by atoms with Crippen molar-refractivity contribution in [1.29, 1.82) is 0 Å². The summed E-state index contributed by atoms with van der Waals surface area (Å²) in [5.41, 5.74) is 0.713. The molecule has 6 nitrogen and oxygen atoms in total. The predicted octanol–water partition coefficient (Wildman–Crippen LogP) is 3.66. The fraction of sp³-hybridized carbons (Fsp3) is 0.500. The van der Waals surface area contributed by atoms with Gasteiger partial charge in [-0.05, 0) is 30.0 Å². The Labute approximate surface area is 162 Å². The highest BCUT2D eigenvalue weighted by Crippen LogP contribution is 2.36. The summed E-state index contributed by atoms with van der Waals surface area (Å²) in [4.78, 5) is 35.6. The number of urea groups is 1. The molecular formula is C18H22Cl2N2O4. The topological polar surface area (TPSA) is 84.5 Å². The van der Waals surface area contributed by atoms with Crippen LogP contribution in [0.3, 0.4) is 0 Å². The van der Waals surface area contributed by atoms with E-state index in [-0.39, 0.29) is 6.54 Å². The second-order valence-corrected chi connectivity index (χ2v) is 7.17. The summed E-state index contributed by atoms with van der Waals surface area (Å²) in [5.74, 6) is -1.12. The first-order valence-electron chi connectivity index (χ1n) is 8.51. The van der Waals surface area contributed by atoms with Crippen LogP contribution in [0.15, 0.2) is 18.2 Å². The Morgan fingerprint density at radius 1 is 1.19 bits per heavy atom. The number of hydrogen-bond acceptors (Lipinski definition) is 4. The van der Waals surface area contributed by atoms with Crippen molar-refractivity contribution in [2.75, 3.05) is 13.7 Å². The van der Waals surface area contributed by atoms with Crippen LogP contribution in [-0.4, -0.2) is 31.6 Å². The molecule has 0 aromatic heterocycles. The van der Waals surface area contributed by atoms with E-state index in [0.717, 1.165) is 25.7 Å². The largest absolute Gasteiger partial charge is 0.468 e. The van der Waals surface area contributed by atoms with Gasteiger partial charge in [-0.15, -0.1) is 0 Å². The SMILES string of the molecule is COC(=O)CNC(=O)NC(=O)[C@@H](CC1CCCC1)c1ccc(Cl)c(Cl)c1. The molecule has 0 aliphatic heterocycles. The van der Waals surface area contributed by atoms with Crippen LogP contribution in [0.1, 0.15) is 43.6 Å². The zero-order valence-corrected chi connectivity index (χ0v) is 16.0. The van der Waals surface area contributed by atoms with Gasteiger partial charge < -0.3 is 10.1 Å². The number of ether oxygens (including phenoxy) is 1. The van der Waals surface area contributed by atoms with Gasteiger partial charge in [-0.25, -0.2) is 4.79 Å². The number of nitrogens with one attached hydrogen (secondary N) is 2. The van der Waals surface area contributed by atoms with Crippen LogP contribution in [0.4, 0.5) is 4.79 Å². The van der Waals surface area contributed by atoms with Crippen molar-refractivity contribution in [3.05, 3.63) is 33.8 Å². The summed E-state index contributed by atoms with van der Waals surface area (Å²) in [6, 6.07) is 4.32. The lowest BCUT2D eigenvalue weighted by Gasteiger charge is -2.20. The molecule has 0 unspecified atom stereocenters. The summed E-state index contributed by atoms with van der Waals surface area (Å²) in [5, 5.41) is 5.36. The molecule has 0 spiro atoms. The molecule has 1 aliphatic rings. The maximum Gasteiger partial charge on any atom is 0.325 e. The van der Waals surface area contributed by atoms with E-state index in [1.165, 1.54) is 7.11 Å². The first kappa shape index (κ1) is 20.5. The molecule has 2 N–H and O–H groups in total. The third-order valence-corrected chi connectivity index (χ3v) is 5.30. The number of carbonyl (C=O) groups is 3. The molecule has 1 aromatic rings. The van der Waals surface area contributed by atoms with Gasteiger partial charge in [0.15, 0.2) is 0 Å². The normalized spacial score (nSPS) is 15.3. The molecule has 26 heavy (non-hydrogen) atoms. The van der Waals surface area contributed by atoms with Crippen molar-refractivity contribution in [3.63, 3.8) is 0 Å². The minimum Gasteiger partial charge on any atom is -0.468 e. The van der Waals surface area contributed by atoms with Crippen molar-refractivity contribution in [2.24, 2.45) is 5.92 Å². The molecule has 0 heterocycles. The zero-order chi connectivity index (χ0) is 19.1. The molecule has 1 aliphatic carbocycles. The number of amides is 3. The maximum absolute atomic E-state index is 12.7. The average Bonchev–Trinajstić information content (AvgIpc) is 3.13. The van der Waals surface area contributed by atoms with E-state index in [4.69, 9.17) is 23.2 Å². The van der Waals surface area contributed by atoms with E-state index in [2.05, 4.69) is 15.4 Å². The smallest absolute Gasteiger partial charge is 0.325 e. The number of imide groups is 1. The average molecular weight is 401 g/mol. The number of rotatable bonds is 6. The molecule has 3 amide bonds. The number of carbonyl (C=O) groups excluding carboxylic acids is 3. The first-order valence-corrected chi connectivity index (χ1v) is 9.26. The summed E-state index contributed by atoms with van der Waals surface area (Å²) >= 11 is 12.1. The lowest BCUT2D eigenvalue weighted by atomic mass is 9.87. The van der Waals surface area contributed by atoms with Gasteiger partial charge in [0, 0.05) is 0 Å². The van der Waals surface area contributed by atoms with Crippen molar-refractivity contribution in [1.82, 2.24) is 10.6 Å². The summed E-state index contributed by atoms with van der Waals surface area (Å²) in [7, 11) is 1.22. The second-order valence-electron chi connectivity index (χ2n) is 6.36. The summed E-state index contributed by atoms with van der Waals surface area (Å²) in [6.07, 6.45) is 5.08. The molecule has 142 valence electrons. The van der Waals surface area contributed by atoms with Crippen LogP contribution in [0.25, 0.3) is 0 Å². The van der Waals surface area contributed by atoms with E-state index < -0.39 is 23.8 Å². The van der Waals surface area contributed by atoms with Crippen LogP contribution in [-0.2, 0) is 14.3 Å². The van der Waals surface area contributed by atoms with Gasteiger partial charge in [-0.3, -0.25) is 14.9 Å².